The van der Waals surface area contributed by atoms with Crippen LogP contribution in [-0.2, 0) is 16.0 Å². The van der Waals surface area contributed by atoms with Crippen LogP contribution >= 0.6 is 0 Å². The fourth-order valence-electron chi connectivity index (χ4n) is 4.05. The van der Waals surface area contributed by atoms with Crippen LogP contribution in [0.2, 0.25) is 0 Å². The number of carbonyl (C=O) groups is 2. The van der Waals surface area contributed by atoms with Gasteiger partial charge in [-0.3, -0.25) is 9.59 Å². The van der Waals surface area contributed by atoms with Crippen LogP contribution in [0.5, 0.6) is 5.75 Å². The third-order valence-electron chi connectivity index (χ3n) is 5.91. The zero-order valence-electron chi connectivity index (χ0n) is 19.5. The first kappa shape index (κ1) is 23.6. The Hall–Kier alpha value is -3.08. The van der Waals surface area contributed by atoms with Gasteiger partial charge in [0.05, 0.1) is 18.2 Å². The number of amides is 1. The second kappa shape index (κ2) is 10.5. The fourth-order valence-corrected chi connectivity index (χ4v) is 4.05. The van der Waals surface area contributed by atoms with E-state index in [9.17, 15) is 14.7 Å². The van der Waals surface area contributed by atoms with Crippen molar-refractivity contribution in [1.29, 1.82) is 0 Å². The Labute approximate surface area is 190 Å². The maximum absolute atomic E-state index is 13.1. The van der Waals surface area contributed by atoms with Crippen LogP contribution in [0.3, 0.4) is 0 Å². The highest BCUT2D eigenvalue weighted by Gasteiger charge is 2.45. The van der Waals surface area contributed by atoms with E-state index in [4.69, 9.17) is 4.74 Å². The number of aliphatic hydroxyl groups excluding tert-OH is 1. The summed E-state index contributed by atoms with van der Waals surface area (Å²) in [4.78, 5) is 27.6. The maximum atomic E-state index is 13.1. The van der Waals surface area contributed by atoms with Crippen molar-refractivity contribution in [3.05, 3.63) is 70.3 Å². The van der Waals surface area contributed by atoms with Gasteiger partial charge in [0.2, 0.25) is 0 Å². The number of ether oxygens (including phenoxy) is 1. The molecule has 170 valence electrons. The van der Waals surface area contributed by atoms with E-state index < -0.39 is 17.7 Å². The van der Waals surface area contributed by atoms with Crippen LogP contribution < -0.4 is 4.74 Å². The number of aryl methyl sites for hydroxylation is 2. The highest BCUT2D eigenvalue weighted by molar-refractivity contribution is 6.46. The smallest absolute Gasteiger partial charge is 0.295 e. The second-order valence-electron chi connectivity index (χ2n) is 8.27. The minimum absolute atomic E-state index is 0.142. The van der Waals surface area contributed by atoms with E-state index in [0.717, 1.165) is 42.6 Å². The fraction of sp³-hybridized carbons (Fsp3) is 0.407. The summed E-state index contributed by atoms with van der Waals surface area (Å²) in [7, 11) is 0. The van der Waals surface area contributed by atoms with Crippen molar-refractivity contribution in [2.45, 2.75) is 59.4 Å². The first-order valence-corrected chi connectivity index (χ1v) is 11.5. The average Bonchev–Trinajstić information content (AvgIpc) is 3.06. The molecule has 0 radical (unpaired) electrons. The summed E-state index contributed by atoms with van der Waals surface area (Å²) in [5, 5.41) is 11.2. The molecule has 1 saturated heterocycles. The van der Waals surface area contributed by atoms with E-state index in [2.05, 4.69) is 6.92 Å². The lowest BCUT2D eigenvalue weighted by atomic mass is 9.94. The van der Waals surface area contributed by atoms with Crippen LogP contribution in [0.25, 0.3) is 5.76 Å². The number of likely N-dealkylation sites (tertiary alicyclic amines) is 1. The van der Waals surface area contributed by atoms with Crippen molar-refractivity contribution >= 4 is 17.4 Å². The van der Waals surface area contributed by atoms with Crippen LogP contribution in [0, 0.1) is 6.92 Å². The van der Waals surface area contributed by atoms with Crippen LogP contribution in [0.15, 0.2) is 48.0 Å². The molecule has 5 nitrogen and oxygen atoms in total. The Morgan fingerprint density at radius 2 is 1.75 bits per heavy atom. The molecule has 2 aromatic rings. The minimum atomic E-state index is -0.632. The molecule has 0 saturated carbocycles. The minimum Gasteiger partial charge on any atom is -0.507 e. The van der Waals surface area contributed by atoms with Gasteiger partial charge in [-0.15, -0.1) is 0 Å². The molecule has 1 aliphatic rings. The van der Waals surface area contributed by atoms with Gasteiger partial charge in [-0.05, 0) is 61.1 Å². The number of benzene rings is 2. The van der Waals surface area contributed by atoms with Crippen molar-refractivity contribution in [2.75, 3.05) is 13.2 Å². The largest absolute Gasteiger partial charge is 0.507 e. The normalized spacial score (nSPS) is 17.8. The number of unbranched alkanes of at least 4 members (excludes halogenated alkanes) is 1. The lowest BCUT2D eigenvalue weighted by Gasteiger charge is -2.25. The first-order valence-electron chi connectivity index (χ1n) is 11.5. The summed E-state index contributed by atoms with van der Waals surface area (Å²) >= 11 is 0. The molecule has 32 heavy (non-hydrogen) atoms. The van der Waals surface area contributed by atoms with Crippen molar-refractivity contribution < 1.29 is 19.4 Å². The highest BCUT2D eigenvalue weighted by Crippen LogP contribution is 2.40. The van der Waals surface area contributed by atoms with Crippen molar-refractivity contribution in [2.24, 2.45) is 0 Å². The van der Waals surface area contributed by atoms with Gasteiger partial charge in [0, 0.05) is 12.1 Å². The van der Waals surface area contributed by atoms with Crippen molar-refractivity contribution in [1.82, 2.24) is 4.90 Å². The van der Waals surface area contributed by atoms with E-state index in [1.807, 2.05) is 45.0 Å². The number of ketones is 1. The molecule has 1 N–H and O–H groups in total. The predicted molar refractivity (Wildman–Crippen MR) is 127 cm³/mol. The average molecular weight is 436 g/mol. The van der Waals surface area contributed by atoms with E-state index in [-0.39, 0.29) is 11.3 Å². The van der Waals surface area contributed by atoms with Gasteiger partial charge < -0.3 is 14.7 Å². The van der Waals surface area contributed by atoms with Crippen molar-refractivity contribution in [3.8, 4) is 5.75 Å². The Morgan fingerprint density at radius 1 is 1.03 bits per heavy atom. The maximum Gasteiger partial charge on any atom is 0.295 e. The predicted octanol–water partition coefficient (Wildman–Crippen LogP) is 5.57. The standard InChI is InChI=1S/C27H33NO4/c1-5-8-15-28-24(20-11-9-19(7-3)10-12-20)23(26(30)27(28)31)25(29)21-13-14-22(18(4)17-21)32-16-6-2/h9-14,17,24,29H,5-8,15-16H2,1-4H3/b25-23-. The zero-order valence-corrected chi connectivity index (χ0v) is 19.5. The summed E-state index contributed by atoms with van der Waals surface area (Å²) in [6.45, 7) is 9.16. The molecule has 1 aliphatic heterocycles. The summed E-state index contributed by atoms with van der Waals surface area (Å²) in [6.07, 6.45) is 3.50. The van der Waals surface area contributed by atoms with Gasteiger partial charge >= 0.3 is 0 Å². The first-order chi connectivity index (χ1) is 15.4. The van der Waals surface area contributed by atoms with Crippen LogP contribution in [0.4, 0.5) is 0 Å². The lowest BCUT2D eigenvalue weighted by Crippen LogP contribution is -2.30. The van der Waals surface area contributed by atoms with Crippen molar-refractivity contribution in [3.63, 3.8) is 0 Å². The number of nitrogens with zero attached hydrogens (tertiary/aromatic N) is 1. The number of hydrogen-bond donors (Lipinski definition) is 1. The number of Topliss-reactive ketones (excluding diaryl/α,β-unsaturated/α-hetero) is 1. The van der Waals surface area contributed by atoms with Gasteiger partial charge in [-0.1, -0.05) is 51.5 Å². The molecule has 1 fully saturated rings. The molecule has 2 aromatic carbocycles. The van der Waals surface area contributed by atoms with E-state index in [0.29, 0.717) is 18.7 Å². The van der Waals surface area contributed by atoms with Gasteiger partial charge in [-0.2, -0.15) is 0 Å². The number of rotatable bonds is 9. The molecule has 5 heteroatoms. The molecule has 3 rings (SSSR count). The van der Waals surface area contributed by atoms with E-state index in [1.165, 1.54) is 5.56 Å². The summed E-state index contributed by atoms with van der Waals surface area (Å²) in [5.74, 6) is -0.577. The molecule has 0 aromatic heterocycles. The molecular formula is C27H33NO4. The van der Waals surface area contributed by atoms with E-state index >= 15 is 0 Å². The van der Waals surface area contributed by atoms with Gasteiger partial charge in [0.15, 0.2) is 0 Å². The molecule has 0 bridgehead atoms. The number of hydrogen-bond acceptors (Lipinski definition) is 4. The van der Waals surface area contributed by atoms with Crippen LogP contribution in [0.1, 0.15) is 68.3 Å². The van der Waals surface area contributed by atoms with Gasteiger partial charge in [0.1, 0.15) is 11.5 Å². The van der Waals surface area contributed by atoms with Crippen LogP contribution in [-0.4, -0.2) is 34.8 Å². The molecule has 0 aliphatic carbocycles. The number of aliphatic hydroxyl groups is 1. The highest BCUT2D eigenvalue weighted by atomic mass is 16.5. The quantitative estimate of drug-likeness (QED) is 0.318. The number of carbonyl (C=O) groups excluding carboxylic acids is 2. The lowest BCUT2D eigenvalue weighted by molar-refractivity contribution is -0.139. The summed E-state index contributed by atoms with van der Waals surface area (Å²) < 4.78 is 5.73. The summed E-state index contributed by atoms with van der Waals surface area (Å²) in [6, 6.07) is 12.7. The molecule has 0 spiro atoms. The zero-order chi connectivity index (χ0) is 23.3. The summed E-state index contributed by atoms with van der Waals surface area (Å²) in [5.41, 5.74) is 3.54. The molecule has 1 atom stereocenters. The second-order valence-corrected chi connectivity index (χ2v) is 8.27. The van der Waals surface area contributed by atoms with Gasteiger partial charge in [-0.25, -0.2) is 0 Å². The monoisotopic (exact) mass is 435 g/mol. The van der Waals surface area contributed by atoms with E-state index in [1.54, 1.807) is 23.1 Å². The Morgan fingerprint density at radius 3 is 2.34 bits per heavy atom. The molecule has 1 amide bonds. The Bertz CT molecular complexity index is 1010. The molecule has 1 heterocycles. The third-order valence-corrected chi connectivity index (χ3v) is 5.91. The molecule has 1 unspecified atom stereocenters. The topological polar surface area (TPSA) is 66.8 Å². The third kappa shape index (κ3) is 4.72. The Kier molecular flexibility index (Phi) is 7.73. The molecular weight excluding hydrogens is 402 g/mol. The SMILES string of the molecule is CCCCN1C(=O)C(=O)/C(=C(\O)c2ccc(OCCC)c(C)c2)C1c1ccc(CC)cc1. The Balaban J connectivity index is 2.09. The van der Waals surface area contributed by atoms with Gasteiger partial charge in [0.25, 0.3) is 11.7 Å².